The number of carboxylic acid groups (broad SMARTS) is 1. The summed E-state index contributed by atoms with van der Waals surface area (Å²) in [4.78, 5) is 30.3. The Bertz CT molecular complexity index is 477. The van der Waals surface area contributed by atoms with Crippen LogP contribution in [0.25, 0.3) is 0 Å². The lowest BCUT2D eigenvalue weighted by Gasteiger charge is -2.12. The number of nitrogens with zero attached hydrogens (tertiary/aromatic N) is 2. The maximum atomic E-state index is 11.9. The average Bonchev–Trinajstić information content (AvgIpc) is 2.78. The van der Waals surface area contributed by atoms with Crippen molar-refractivity contribution in [3.8, 4) is 0 Å². The minimum atomic E-state index is -0.814. The van der Waals surface area contributed by atoms with E-state index in [1.165, 1.54) is 12.4 Å². The SMILES string of the molecule is Nc1nccnc1C(=O)N[C@H]1CC[C@@H](C(=O)O)C1. The molecule has 18 heavy (non-hydrogen) atoms. The van der Waals surface area contributed by atoms with Gasteiger partial charge in [0.25, 0.3) is 5.91 Å². The molecule has 1 amide bonds. The first-order valence-electron chi connectivity index (χ1n) is 5.68. The highest BCUT2D eigenvalue weighted by molar-refractivity contribution is 5.96. The normalized spacial score (nSPS) is 22.7. The van der Waals surface area contributed by atoms with E-state index in [-0.39, 0.29) is 23.5 Å². The van der Waals surface area contributed by atoms with Gasteiger partial charge in [0.2, 0.25) is 0 Å². The summed E-state index contributed by atoms with van der Waals surface area (Å²) in [7, 11) is 0. The Morgan fingerprint density at radius 2 is 2.06 bits per heavy atom. The van der Waals surface area contributed by atoms with Crippen molar-refractivity contribution in [3.05, 3.63) is 18.1 Å². The fourth-order valence-electron chi connectivity index (χ4n) is 2.11. The molecule has 1 heterocycles. The summed E-state index contributed by atoms with van der Waals surface area (Å²) >= 11 is 0. The number of aliphatic carboxylic acids is 1. The number of carbonyl (C=O) groups excluding carboxylic acids is 1. The minimum absolute atomic E-state index is 0.0720. The van der Waals surface area contributed by atoms with Gasteiger partial charge in [-0.2, -0.15) is 0 Å². The first-order valence-corrected chi connectivity index (χ1v) is 5.68. The van der Waals surface area contributed by atoms with Crippen LogP contribution in [0.1, 0.15) is 29.8 Å². The van der Waals surface area contributed by atoms with Crippen molar-refractivity contribution in [2.24, 2.45) is 5.92 Å². The number of nitrogens with two attached hydrogens (primary N) is 1. The van der Waals surface area contributed by atoms with Crippen LogP contribution in [-0.4, -0.2) is 33.0 Å². The standard InChI is InChI=1S/C11H14N4O3/c12-9-8(13-3-4-14-9)10(16)15-7-2-1-6(5-7)11(17)18/h3-4,6-7H,1-2,5H2,(H2,12,14)(H,15,16)(H,17,18)/t6-,7+/m1/s1. The third-order valence-corrected chi connectivity index (χ3v) is 3.06. The number of nitrogens with one attached hydrogen (secondary N) is 1. The number of carbonyl (C=O) groups is 2. The Morgan fingerprint density at radius 3 is 2.67 bits per heavy atom. The smallest absolute Gasteiger partial charge is 0.306 e. The maximum absolute atomic E-state index is 11.9. The quantitative estimate of drug-likeness (QED) is 0.697. The van der Waals surface area contributed by atoms with Gasteiger partial charge in [-0.15, -0.1) is 0 Å². The van der Waals surface area contributed by atoms with Crippen LogP contribution in [0.5, 0.6) is 0 Å². The van der Waals surface area contributed by atoms with Crippen LogP contribution in [0.4, 0.5) is 5.82 Å². The molecule has 1 aromatic heterocycles. The highest BCUT2D eigenvalue weighted by Crippen LogP contribution is 2.25. The number of anilines is 1. The minimum Gasteiger partial charge on any atom is -0.481 e. The Hall–Kier alpha value is -2.18. The molecule has 1 aliphatic rings. The molecule has 1 aliphatic carbocycles. The predicted molar refractivity (Wildman–Crippen MR) is 62.7 cm³/mol. The Kier molecular flexibility index (Phi) is 3.40. The summed E-state index contributed by atoms with van der Waals surface area (Å²) in [6.45, 7) is 0. The number of nitrogen functional groups attached to an aromatic ring is 1. The lowest BCUT2D eigenvalue weighted by Crippen LogP contribution is -2.34. The molecule has 1 aromatic rings. The molecule has 0 aliphatic heterocycles. The molecular formula is C11H14N4O3. The van der Waals surface area contributed by atoms with Gasteiger partial charge >= 0.3 is 5.97 Å². The van der Waals surface area contributed by atoms with E-state index in [0.29, 0.717) is 19.3 Å². The largest absolute Gasteiger partial charge is 0.481 e. The Labute approximate surface area is 103 Å². The fourth-order valence-corrected chi connectivity index (χ4v) is 2.11. The number of aromatic nitrogens is 2. The molecule has 96 valence electrons. The molecule has 7 nitrogen and oxygen atoms in total. The molecule has 2 atom stereocenters. The van der Waals surface area contributed by atoms with Gasteiger partial charge in [-0.1, -0.05) is 0 Å². The predicted octanol–water partition coefficient (Wildman–Crippen LogP) is 0.0419. The van der Waals surface area contributed by atoms with E-state index >= 15 is 0 Å². The topological polar surface area (TPSA) is 118 Å². The number of hydrogen-bond donors (Lipinski definition) is 3. The van der Waals surface area contributed by atoms with Gasteiger partial charge in [0.15, 0.2) is 11.5 Å². The molecule has 7 heteroatoms. The summed E-state index contributed by atoms with van der Waals surface area (Å²) in [5.74, 6) is -1.53. The van der Waals surface area contributed by atoms with E-state index in [9.17, 15) is 9.59 Å². The van der Waals surface area contributed by atoms with E-state index in [4.69, 9.17) is 10.8 Å². The van der Waals surface area contributed by atoms with Crippen molar-refractivity contribution in [1.29, 1.82) is 0 Å². The first-order chi connectivity index (χ1) is 8.58. The third-order valence-electron chi connectivity index (χ3n) is 3.06. The van der Waals surface area contributed by atoms with E-state index in [0.717, 1.165) is 0 Å². The summed E-state index contributed by atoms with van der Waals surface area (Å²) in [6.07, 6.45) is 4.47. The van der Waals surface area contributed by atoms with Crippen LogP contribution >= 0.6 is 0 Å². The van der Waals surface area contributed by atoms with Gasteiger partial charge < -0.3 is 16.2 Å². The summed E-state index contributed by atoms with van der Waals surface area (Å²) < 4.78 is 0. The number of carboxylic acids is 1. The van der Waals surface area contributed by atoms with E-state index in [1.54, 1.807) is 0 Å². The molecule has 0 aromatic carbocycles. The summed E-state index contributed by atoms with van der Waals surface area (Å²) in [5, 5.41) is 11.6. The van der Waals surface area contributed by atoms with Crippen molar-refractivity contribution in [2.75, 3.05) is 5.73 Å². The van der Waals surface area contributed by atoms with Gasteiger partial charge in [-0.25, -0.2) is 9.97 Å². The van der Waals surface area contributed by atoms with Gasteiger partial charge in [0.1, 0.15) is 0 Å². The van der Waals surface area contributed by atoms with Crippen LogP contribution in [0.3, 0.4) is 0 Å². The van der Waals surface area contributed by atoms with Gasteiger partial charge in [-0.05, 0) is 19.3 Å². The second-order valence-electron chi connectivity index (χ2n) is 4.31. The fraction of sp³-hybridized carbons (Fsp3) is 0.455. The van der Waals surface area contributed by atoms with Gasteiger partial charge in [0, 0.05) is 18.4 Å². The van der Waals surface area contributed by atoms with Crippen LogP contribution in [0.2, 0.25) is 0 Å². The van der Waals surface area contributed by atoms with Crippen molar-refractivity contribution in [1.82, 2.24) is 15.3 Å². The van der Waals surface area contributed by atoms with Crippen LogP contribution < -0.4 is 11.1 Å². The van der Waals surface area contributed by atoms with Crippen molar-refractivity contribution in [3.63, 3.8) is 0 Å². The molecular weight excluding hydrogens is 236 g/mol. The van der Waals surface area contributed by atoms with Crippen LogP contribution in [-0.2, 0) is 4.79 Å². The molecule has 0 unspecified atom stereocenters. The van der Waals surface area contributed by atoms with Gasteiger partial charge in [0.05, 0.1) is 5.92 Å². The molecule has 0 saturated heterocycles. The Morgan fingerprint density at radius 1 is 1.33 bits per heavy atom. The Balaban J connectivity index is 1.97. The number of amides is 1. The molecule has 0 bridgehead atoms. The zero-order valence-corrected chi connectivity index (χ0v) is 9.67. The highest BCUT2D eigenvalue weighted by Gasteiger charge is 2.31. The molecule has 0 radical (unpaired) electrons. The van der Waals surface area contributed by atoms with Crippen molar-refractivity contribution < 1.29 is 14.7 Å². The average molecular weight is 250 g/mol. The van der Waals surface area contributed by atoms with Crippen LogP contribution in [0, 0.1) is 5.92 Å². The number of hydrogen-bond acceptors (Lipinski definition) is 5. The lowest BCUT2D eigenvalue weighted by atomic mass is 10.1. The zero-order valence-electron chi connectivity index (χ0n) is 9.67. The second-order valence-corrected chi connectivity index (χ2v) is 4.31. The van der Waals surface area contributed by atoms with Crippen LogP contribution in [0.15, 0.2) is 12.4 Å². The molecule has 2 rings (SSSR count). The van der Waals surface area contributed by atoms with Crippen molar-refractivity contribution >= 4 is 17.7 Å². The van der Waals surface area contributed by atoms with E-state index < -0.39 is 11.9 Å². The molecule has 1 fully saturated rings. The molecule has 4 N–H and O–H groups in total. The highest BCUT2D eigenvalue weighted by atomic mass is 16.4. The van der Waals surface area contributed by atoms with E-state index in [1.807, 2.05) is 0 Å². The summed E-state index contributed by atoms with van der Waals surface area (Å²) in [6, 6.07) is -0.139. The monoisotopic (exact) mass is 250 g/mol. The lowest BCUT2D eigenvalue weighted by molar-refractivity contribution is -0.141. The second kappa shape index (κ2) is 4.99. The molecule has 0 spiro atoms. The number of rotatable bonds is 3. The first kappa shape index (κ1) is 12.3. The summed E-state index contributed by atoms with van der Waals surface area (Å²) in [5.41, 5.74) is 5.62. The van der Waals surface area contributed by atoms with Gasteiger partial charge in [-0.3, -0.25) is 9.59 Å². The van der Waals surface area contributed by atoms with Crippen molar-refractivity contribution in [2.45, 2.75) is 25.3 Å². The van der Waals surface area contributed by atoms with E-state index in [2.05, 4.69) is 15.3 Å². The molecule has 1 saturated carbocycles. The maximum Gasteiger partial charge on any atom is 0.306 e. The third kappa shape index (κ3) is 2.55. The zero-order chi connectivity index (χ0) is 13.1.